The number of benzene rings is 1. The molecule has 1 unspecified atom stereocenters. The highest BCUT2D eigenvalue weighted by atomic mass is 32.1. The predicted molar refractivity (Wildman–Crippen MR) is 101 cm³/mol. The van der Waals surface area contributed by atoms with Gasteiger partial charge in [0.1, 0.15) is 11.5 Å². The van der Waals surface area contributed by atoms with Crippen molar-refractivity contribution in [2.75, 3.05) is 32.7 Å². The fraction of sp³-hybridized carbons (Fsp3) is 0.444. The average Bonchev–Trinajstić information content (AvgIpc) is 3.32. The van der Waals surface area contributed by atoms with Crippen molar-refractivity contribution in [1.82, 2.24) is 10.3 Å². The molecule has 0 saturated carbocycles. The largest absolute Gasteiger partial charge is 0.497 e. The Kier molecular flexibility index (Phi) is 6.30. The highest BCUT2D eigenvalue weighted by Gasteiger charge is 2.17. The molecule has 2 heterocycles. The van der Waals surface area contributed by atoms with Crippen molar-refractivity contribution in [3.05, 3.63) is 29.3 Å². The van der Waals surface area contributed by atoms with Gasteiger partial charge in [0.05, 0.1) is 38.1 Å². The summed E-state index contributed by atoms with van der Waals surface area (Å²) in [7, 11) is 3.22. The smallest absolute Gasteiger partial charge is 0.226 e. The van der Waals surface area contributed by atoms with E-state index in [4.69, 9.17) is 14.2 Å². The number of ether oxygens (including phenoxy) is 3. The molecule has 0 spiro atoms. The molecule has 2 aromatic rings. The van der Waals surface area contributed by atoms with Crippen LogP contribution in [0.3, 0.4) is 0 Å². The van der Waals surface area contributed by atoms with Gasteiger partial charge in [-0.05, 0) is 25.0 Å². The lowest BCUT2D eigenvalue weighted by atomic mass is 10.2. The highest BCUT2D eigenvalue weighted by Crippen LogP contribution is 2.32. The summed E-state index contributed by atoms with van der Waals surface area (Å²) in [6, 6.07) is 5.50. The molecule has 0 radical (unpaired) electrons. The SMILES string of the molecule is COc1ccc(OC)c(Nc2nc(CC(=O)NCC3CCCO3)cs2)c1. The maximum absolute atomic E-state index is 12.1. The Morgan fingerprint density at radius 2 is 2.27 bits per heavy atom. The number of hydrogen-bond donors (Lipinski definition) is 2. The zero-order valence-corrected chi connectivity index (χ0v) is 15.7. The molecule has 0 bridgehead atoms. The quantitative estimate of drug-likeness (QED) is 0.736. The zero-order valence-electron chi connectivity index (χ0n) is 14.9. The van der Waals surface area contributed by atoms with Crippen molar-refractivity contribution in [2.45, 2.75) is 25.4 Å². The second-order valence-corrected chi connectivity index (χ2v) is 6.81. The minimum Gasteiger partial charge on any atom is -0.497 e. The van der Waals surface area contributed by atoms with Crippen LogP contribution in [0.2, 0.25) is 0 Å². The number of anilines is 2. The van der Waals surface area contributed by atoms with Crippen molar-refractivity contribution in [3.63, 3.8) is 0 Å². The van der Waals surface area contributed by atoms with Crippen molar-refractivity contribution in [1.29, 1.82) is 0 Å². The van der Waals surface area contributed by atoms with Gasteiger partial charge in [0.25, 0.3) is 0 Å². The molecule has 1 aliphatic heterocycles. The monoisotopic (exact) mass is 377 g/mol. The second kappa shape index (κ2) is 8.86. The number of aromatic nitrogens is 1. The molecule has 1 aromatic heterocycles. The fourth-order valence-corrected chi connectivity index (χ4v) is 3.46. The molecule has 3 rings (SSSR count). The number of rotatable bonds is 8. The number of nitrogens with one attached hydrogen (secondary N) is 2. The van der Waals surface area contributed by atoms with E-state index in [9.17, 15) is 4.79 Å². The molecule has 8 heteroatoms. The van der Waals surface area contributed by atoms with E-state index in [1.54, 1.807) is 14.2 Å². The molecule has 1 aromatic carbocycles. The number of thiazole rings is 1. The lowest BCUT2D eigenvalue weighted by molar-refractivity contribution is -0.121. The van der Waals surface area contributed by atoms with Crippen LogP contribution in [0.4, 0.5) is 10.8 Å². The Balaban J connectivity index is 1.56. The first kappa shape index (κ1) is 18.5. The van der Waals surface area contributed by atoms with Gasteiger partial charge in [-0.3, -0.25) is 4.79 Å². The summed E-state index contributed by atoms with van der Waals surface area (Å²) in [5.41, 5.74) is 1.49. The van der Waals surface area contributed by atoms with Gasteiger partial charge in [-0.25, -0.2) is 4.98 Å². The topological polar surface area (TPSA) is 81.7 Å². The summed E-state index contributed by atoms with van der Waals surface area (Å²) in [5, 5.41) is 8.70. The number of amides is 1. The molecule has 140 valence electrons. The molecule has 1 atom stereocenters. The van der Waals surface area contributed by atoms with Gasteiger partial charge < -0.3 is 24.8 Å². The molecular weight excluding hydrogens is 354 g/mol. The Morgan fingerprint density at radius 3 is 3.00 bits per heavy atom. The first-order valence-electron chi connectivity index (χ1n) is 8.49. The average molecular weight is 377 g/mol. The van der Waals surface area contributed by atoms with Gasteiger partial charge >= 0.3 is 0 Å². The van der Waals surface area contributed by atoms with Crippen LogP contribution in [0.15, 0.2) is 23.6 Å². The summed E-state index contributed by atoms with van der Waals surface area (Å²) < 4.78 is 16.1. The van der Waals surface area contributed by atoms with E-state index in [0.29, 0.717) is 17.4 Å². The van der Waals surface area contributed by atoms with Crippen LogP contribution >= 0.6 is 11.3 Å². The van der Waals surface area contributed by atoms with E-state index in [0.717, 1.165) is 36.6 Å². The number of carbonyl (C=O) groups excluding carboxylic acids is 1. The summed E-state index contributed by atoms with van der Waals surface area (Å²) >= 11 is 1.44. The normalized spacial score (nSPS) is 16.3. The summed E-state index contributed by atoms with van der Waals surface area (Å²) in [6.45, 7) is 1.35. The molecule has 2 N–H and O–H groups in total. The molecule has 0 aliphatic carbocycles. The molecular formula is C18H23N3O4S. The third-order valence-electron chi connectivity index (χ3n) is 4.09. The van der Waals surface area contributed by atoms with Crippen molar-refractivity contribution in [2.24, 2.45) is 0 Å². The van der Waals surface area contributed by atoms with Gasteiger partial charge in [0, 0.05) is 24.6 Å². The van der Waals surface area contributed by atoms with Gasteiger partial charge in [-0.1, -0.05) is 0 Å². The fourth-order valence-electron chi connectivity index (χ4n) is 2.73. The lowest BCUT2D eigenvalue weighted by Gasteiger charge is -2.11. The van der Waals surface area contributed by atoms with Crippen LogP contribution in [0, 0.1) is 0 Å². The van der Waals surface area contributed by atoms with Crippen molar-refractivity contribution < 1.29 is 19.0 Å². The van der Waals surface area contributed by atoms with Gasteiger partial charge in [0.2, 0.25) is 5.91 Å². The van der Waals surface area contributed by atoms with Crippen LogP contribution in [0.5, 0.6) is 11.5 Å². The van der Waals surface area contributed by atoms with Gasteiger partial charge in [0.15, 0.2) is 5.13 Å². The van der Waals surface area contributed by atoms with E-state index in [1.807, 2.05) is 23.6 Å². The van der Waals surface area contributed by atoms with E-state index in [2.05, 4.69) is 15.6 Å². The second-order valence-electron chi connectivity index (χ2n) is 5.95. The first-order chi connectivity index (χ1) is 12.7. The predicted octanol–water partition coefficient (Wildman–Crippen LogP) is 2.74. The summed E-state index contributed by atoms with van der Waals surface area (Å²) in [5.74, 6) is 1.37. The number of hydrogen-bond acceptors (Lipinski definition) is 7. The summed E-state index contributed by atoms with van der Waals surface area (Å²) in [6.07, 6.45) is 2.47. The minimum atomic E-state index is -0.0451. The number of nitrogens with zero attached hydrogens (tertiary/aromatic N) is 1. The maximum atomic E-state index is 12.1. The van der Waals surface area contributed by atoms with Crippen molar-refractivity contribution in [3.8, 4) is 11.5 Å². The van der Waals surface area contributed by atoms with E-state index < -0.39 is 0 Å². The summed E-state index contributed by atoms with van der Waals surface area (Å²) in [4.78, 5) is 16.5. The Morgan fingerprint density at radius 1 is 1.38 bits per heavy atom. The van der Waals surface area contributed by atoms with Gasteiger partial charge in [-0.15, -0.1) is 11.3 Å². The van der Waals surface area contributed by atoms with E-state index in [-0.39, 0.29) is 18.4 Å². The third-order valence-corrected chi connectivity index (χ3v) is 4.90. The van der Waals surface area contributed by atoms with Crippen LogP contribution in [0.25, 0.3) is 0 Å². The van der Waals surface area contributed by atoms with Crippen molar-refractivity contribution >= 4 is 28.1 Å². The Bertz CT molecular complexity index is 744. The lowest BCUT2D eigenvalue weighted by Crippen LogP contribution is -2.32. The Hall–Kier alpha value is -2.32. The molecule has 1 aliphatic rings. The molecule has 26 heavy (non-hydrogen) atoms. The third kappa shape index (κ3) is 4.86. The number of methoxy groups -OCH3 is 2. The Labute approximate surface area is 156 Å². The molecule has 7 nitrogen and oxygen atoms in total. The van der Waals surface area contributed by atoms with Crippen LogP contribution in [-0.2, 0) is 16.0 Å². The highest BCUT2D eigenvalue weighted by molar-refractivity contribution is 7.13. The minimum absolute atomic E-state index is 0.0451. The maximum Gasteiger partial charge on any atom is 0.226 e. The van der Waals surface area contributed by atoms with Crippen LogP contribution in [-0.4, -0.2) is 44.4 Å². The standard InChI is InChI=1S/C18H23N3O4S/c1-23-13-5-6-16(24-2)15(9-13)21-18-20-12(11-26-18)8-17(22)19-10-14-4-3-7-25-14/h5-6,9,11,14H,3-4,7-8,10H2,1-2H3,(H,19,22)(H,20,21). The van der Waals surface area contributed by atoms with Crippen LogP contribution < -0.4 is 20.1 Å². The molecule has 1 amide bonds. The number of carbonyl (C=O) groups is 1. The molecule has 1 saturated heterocycles. The first-order valence-corrected chi connectivity index (χ1v) is 9.37. The van der Waals surface area contributed by atoms with Gasteiger partial charge in [-0.2, -0.15) is 0 Å². The van der Waals surface area contributed by atoms with Crippen LogP contribution in [0.1, 0.15) is 18.5 Å². The molecule has 1 fully saturated rings. The van der Waals surface area contributed by atoms with E-state index >= 15 is 0 Å². The van der Waals surface area contributed by atoms with E-state index in [1.165, 1.54) is 11.3 Å². The zero-order chi connectivity index (χ0) is 18.4.